The van der Waals surface area contributed by atoms with Crippen molar-refractivity contribution in [2.45, 2.75) is 37.3 Å². The van der Waals surface area contributed by atoms with Gasteiger partial charge in [-0.05, 0) is 24.0 Å². The number of anilines is 1. The number of aliphatic hydroxyl groups is 2. The molecule has 0 aliphatic carbocycles. The third-order valence-electron chi connectivity index (χ3n) is 5.87. The molecule has 1 aliphatic heterocycles. The summed E-state index contributed by atoms with van der Waals surface area (Å²) in [6.45, 7) is 0.00104. The van der Waals surface area contributed by atoms with Gasteiger partial charge in [0.2, 0.25) is 0 Å². The zero-order chi connectivity index (χ0) is 21.9. The molecule has 0 amide bonds. The van der Waals surface area contributed by atoms with E-state index in [0.717, 1.165) is 24.0 Å². The van der Waals surface area contributed by atoms with Gasteiger partial charge in [-0.25, -0.2) is 15.0 Å². The van der Waals surface area contributed by atoms with Gasteiger partial charge in [0.25, 0.3) is 0 Å². The van der Waals surface area contributed by atoms with Crippen LogP contribution in [0.3, 0.4) is 0 Å². The second kappa shape index (κ2) is 9.04. The maximum atomic E-state index is 11.2. The van der Waals surface area contributed by atoms with Crippen LogP contribution in [0.1, 0.15) is 42.3 Å². The number of nitrogens with zero attached hydrogens (tertiary/aromatic N) is 4. The van der Waals surface area contributed by atoms with E-state index < -0.39 is 12.1 Å². The van der Waals surface area contributed by atoms with Crippen LogP contribution in [0.15, 0.2) is 73.3 Å². The van der Waals surface area contributed by atoms with Crippen molar-refractivity contribution in [1.29, 1.82) is 0 Å². The average molecular weight is 431 g/mol. The molecule has 4 atom stereocenters. The fourth-order valence-corrected chi connectivity index (χ4v) is 4.19. The molecule has 0 spiro atoms. The zero-order valence-corrected chi connectivity index (χ0v) is 17.5. The van der Waals surface area contributed by atoms with Crippen molar-refractivity contribution in [2.24, 2.45) is 0 Å². The Balaban J connectivity index is 1.49. The standard InChI is InChI=1S/C24H25N5O3/c30-13-18-11-12-19(32-18)29-15-27-21-23(25-14-26-24(21)29)28-20(16-7-3-1-4-8-16)22(31)17-9-5-2-6-10-17/h1-10,14-15,18-20,22,30-31H,11-13H2,(H,25,26,28). The lowest BCUT2D eigenvalue weighted by Gasteiger charge is -2.25. The molecule has 32 heavy (non-hydrogen) atoms. The molecule has 1 fully saturated rings. The summed E-state index contributed by atoms with van der Waals surface area (Å²) < 4.78 is 7.78. The minimum absolute atomic E-state index is 0.00104. The highest BCUT2D eigenvalue weighted by Crippen LogP contribution is 2.35. The zero-order valence-electron chi connectivity index (χ0n) is 17.5. The Kier molecular flexibility index (Phi) is 5.81. The van der Waals surface area contributed by atoms with Crippen LogP contribution in [-0.2, 0) is 4.74 Å². The van der Waals surface area contributed by atoms with Gasteiger partial charge in [-0.3, -0.25) is 4.57 Å². The first-order valence-electron chi connectivity index (χ1n) is 10.7. The Morgan fingerprint density at radius 1 is 0.969 bits per heavy atom. The normalized spacial score (nSPS) is 20.3. The van der Waals surface area contributed by atoms with E-state index in [4.69, 9.17) is 4.74 Å². The minimum atomic E-state index is -0.797. The highest BCUT2D eigenvalue weighted by atomic mass is 16.5. The lowest BCUT2D eigenvalue weighted by Crippen LogP contribution is -2.20. The smallest absolute Gasteiger partial charge is 0.167 e. The monoisotopic (exact) mass is 431 g/mol. The fourth-order valence-electron chi connectivity index (χ4n) is 4.19. The second-order valence-corrected chi connectivity index (χ2v) is 7.91. The molecule has 8 nitrogen and oxygen atoms in total. The van der Waals surface area contributed by atoms with Crippen LogP contribution >= 0.6 is 0 Å². The largest absolute Gasteiger partial charge is 0.394 e. The molecule has 1 saturated heterocycles. The Bertz CT molecular complexity index is 1170. The summed E-state index contributed by atoms with van der Waals surface area (Å²) >= 11 is 0. The van der Waals surface area contributed by atoms with Crippen LogP contribution in [0.4, 0.5) is 5.82 Å². The van der Waals surface area contributed by atoms with E-state index in [1.165, 1.54) is 6.33 Å². The third-order valence-corrected chi connectivity index (χ3v) is 5.87. The van der Waals surface area contributed by atoms with Crippen molar-refractivity contribution < 1.29 is 14.9 Å². The van der Waals surface area contributed by atoms with Crippen molar-refractivity contribution >= 4 is 17.0 Å². The topological polar surface area (TPSA) is 105 Å². The van der Waals surface area contributed by atoms with Gasteiger partial charge in [0.05, 0.1) is 25.1 Å². The molecule has 2 aromatic heterocycles. The van der Waals surface area contributed by atoms with Crippen molar-refractivity contribution in [2.75, 3.05) is 11.9 Å². The Morgan fingerprint density at radius 3 is 2.38 bits per heavy atom. The molecule has 3 heterocycles. The number of imidazole rings is 1. The number of aromatic nitrogens is 4. The molecular formula is C24H25N5O3. The van der Waals surface area contributed by atoms with Gasteiger partial charge in [-0.15, -0.1) is 0 Å². The number of hydrogen-bond acceptors (Lipinski definition) is 7. The van der Waals surface area contributed by atoms with Crippen molar-refractivity contribution in [3.05, 3.63) is 84.4 Å². The van der Waals surface area contributed by atoms with E-state index in [9.17, 15) is 10.2 Å². The third kappa shape index (κ3) is 3.95. The van der Waals surface area contributed by atoms with Gasteiger partial charge < -0.3 is 20.3 Å². The maximum Gasteiger partial charge on any atom is 0.167 e. The molecule has 3 N–H and O–H groups in total. The van der Waals surface area contributed by atoms with Gasteiger partial charge in [0, 0.05) is 0 Å². The lowest BCUT2D eigenvalue weighted by molar-refractivity contribution is -0.0207. The van der Waals surface area contributed by atoms with E-state index >= 15 is 0 Å². The molecule has 4 unspecified atom stereocenters. The molecule has 164 valence electrons. The second-order valence-electron chi connectivity index (χ2n) is 7.91. The molecule has 2 aromatic carbocycles. The quantitative estimate of drug-likeness (QED) is 0.412. The Morgan fingerprint density at radius 2 is 1.69 bits per heavy atom. The number of aliphatic hydroxyl groups excluding tert-OH is 2. The van der Waals surface area contributed by atoms with Crippen molar-refractivity contribution in [3.8, 4) is 0 Å². The van der Waals surface area contributed by atoms with Crippen molar-refractivity contribution in [3.63, 3.8) is 0 Å². The molecule has 0 saturated carbocycles. The number of rotatable bonds is 7. The van der Waals surface area contributed by atoms with Crippen LogP contribution in [0.5, 0.6) is 0 Å². The number of fused-ring (bicyclic) bond motifs is 1. The highest BCUT2D eigenvalue weighted by Gasteiger charge is 2.29. The number of hydrogen-bond donors (Lipinski definition) is 3. The summed E-state index contributed by atoms with van der Waals surface area (Å²) in [4.78, 5) is 13.4. The number of ether oxygens (including phenoxy) is 1. The Hall–Kier alpha value is -3.33. The Labute approximate surface area is 185 Å². The van der Waals surface area contributed by atoms with Crippen molar-refractivity contribution in [1.82, 2.24) is 19.5 Å². The van der Waals surface area contributed by atoms with Gasteiger partial charge >= 0.3 is 0 Å². The molecule has 4 aromatic rings. The molecule has 1 aliphatic rings. The summed E-state index contributed by atoms with van der Waals surface area (Å²) in [5.41, 5.74) is 2.98. The van der Waals surface area contributed by atoms with Gasteiger partial charge in [-0.2, -0.15) is 0 Å². The predicted octanol–water partition coefficient (Wildman–Crippen LogP) is 3.38. The first-order valence-corrected chi connectivity index (χ1v) is 10.7. The summed E-state index contributed by atoms with van der Waals surface area (Å²) in [6, 6.07) is 18.9. The first kappa shape index (κ1) is 20.6. The maximum absolute atomic E-state index is 11.2. The van der Waals surface area contributed by atoms with Crippen LogP contribution in [0.2, 0.25) is 0 Å². The van der Waals surface area contributed by atoms with Gasteiger partial charge in [-0.1, -0.05) is 60.7 Å². The molecule has 5 rings (SSSR count). The molecular weight excluding hydrogens is 406 g/mol. The fraction of sp³-hybridized carbons (Fsp3) is 0.292. The number of nitrogens with one attached hydrogen (secondary N) is 1. The molecule has 0 radical (unpaired) electrons. The molecule has 0 bridgehead atoms. The van der Waals surface area contributed by atoms with Gasteiger partial charge in [0.1, 0.15) is 18.7 Å². The lowest BCUT2D eigenvalue weighted by atomic mass is 9.96. The predicted molar refractivity (Wildman–Crippen MR) is 120 cm³/mol. The van der Waals surface area contributed by atoms with Gasteiger partial charge in [0.15, 0.2) is 17.0 Å². The van der Waals surface area contributed by atoms with Crippen LogP contribution in [0, 0.1) is 0 Å². The summed E-state index contributed by atoms with van der Waals surface area (Å²) in [5, 5.41) is 24.0. The van der Waals surface area contributed by atoms with Crippen LogP contribution < -0.4 is 5.32 Å². The van der Waals surface area contributed by atoms with E-state index in [2.05, 4.69) is 20.3 Å². The van der Waals surface area contributed by atoms with Crippen LogP contribution in [0.25, 0.3) is 11.2 Å². The van der Waals surface area contributed by atoms with E-state index in [-0.39, 0.29) is 18.9 Å². The minimum Gasteiger partial charge on any atom is -0.394 e. The highest BCUT2D eigenvalue weighted by molar-refractivity contribution is 5.83. The van der Waals surface area contributed by atoms with Crippen LogP contribution in [-0.4, -0.2) is 42.4 Å². The summed E-state index contributed by atoms with van der Waals surface area (Å²) in [5.74, 6) is 0.536. The molecule has 8 heteroatoms. The SMILES string of the molecule is OCC1CCC(n2cnc3c(NC(c4ccccc4)C(O)c4ccccc4)ncnc32)O1. The average Bonchev–Trinajstić information content (AvgIpc) is 3.50. The van der Waals surface area contributed by atoms with E-state index in [1.54, 1.807) is 6.33 Å². The summed E-state index contributed by atoms with van der Waals surface area (Å²) in [6.07, 6.45) is 3.56. The summed E-state index contributed by atoms with van der Waals surface area (Å²) in [7, 11) is 0. The van der Waals surface area contributed by atoms with E-state index in [1.807, 2.05) is 65.2 Å². The first-order chi connectivity index (χ1) is 15.7. The van der Waals surface area contributed by atoms with E-state index in [0.29, 0.717) is 17.0 Å². The number of benzene rings is 2.